The Labute approximate surface area is 94.9 Å². The number of hydrogen-bond acceptors (Lipinski definition) is 2. The molecule has 0 saturated carbocycles. The second kappa shape index (κ2) is 3.44. The van der Waals surface area contributed by atoms with E-state index in [1.165, 1.54) is 0 Å². The molecule has 1 aliphatic heterocycles. The third kappa shape index (κ3) is 1.85. The fourth-order valence-corrected chi connectivity index (χ4v) is 1.82. The predicted molar refractivity (Wildman–Crippen MR) is 61.3 cm³/mol. The van der Waals surface area contributed by atoms with Crippen molar-refractivity contribution in [1.29, 1.82) is 0 Å². The first kappa shape index (κ1) is 10.9. The van der Waals surface area contributed by atoms with E-state index in [9.17, 15) is 9.59 Å². The minimum Gasteiger partial charge on any atom is -0.292 e. The first-order valence-electron chi connectivity index (χ1n) is 5.35. The van der Waals surface area contributed by atoms with Crippen molar-refractivity contribution in [1.82, 2.24) is 5.32 Å². The number of rotatable bonds is 0. The first-order valence-corrected chi connectivity index (χ1v) is 5.35. The quantitative estimate of drug-likeness (QED) is 0.673. The van der Waals surface area contributed by atoms with E-state index < -0.39 is 0 Å². The van der Waals surface area contributed by atoms with Gasteiger partial charge >= 0.3 is 0 Å². The Morgan fingerprint density at radius 3 is 2.50 bits per heavy atom. The van der Waals surface area contributed by atoms with Crippen LogP contribution in [0.2, 0.25) is 0 Å². The summed E-state index contributed by atoms with van der Waals surface area (Å²) in [7, 11) is 0. The summed E-state index contributed by atoms with van der Waals surface area (Å²) in [6, 6.07) is 5.76. The molecule has 0 unspecified atom stereocenters. The smallest absolute Gasteiger partial charge is 0.258 e. The van der Waals surface area contributed by atoms with Crippen LogP contribution in [-0.2, 0) is 16.6 Å². The molecule has 2 amide bonds. The SMILES string of the molecule is CC(C)(C)c1ccc2c(c1)C(=O)NC(=O)C2. The molecular weight excluding hydrogens is 202 g/mol. The fourth-order valence-electron chi connectivity index (χ4n) is 1.82. The van der Waals surface area contributed by atoms with E-state index in [-0.39, 0.29) is 17.2 Å². The maximum atomic E-state index is 11.6. The molecule has 16 heavy (non-hydrogen) atoms. The molecule has 1 N–H and O–H groups in total. The van der Waals surface area contributed by atoms with Gasteiger partial charge in [-0.2, -0.15) is 0 Å². The summed E-state index contributed by atoms with van der Waals surface area (Å²) in [6.07, 6.45) is 0.297. The Hall–Kier alpha value is -1.64. The molecule has 84 valence electrons. The molecule has 0 fully saturated rings. The number of amides is 2. The van der Waals surface area contributed by atoms with Gasteiger partial charge in [0.15, 0.2) is 0 Å². The molecule has 0 saturated heterocycles. The van der Waals surface area contributed by atoms with Crippen LogP contribution >= 0.6 is 0 Å². The summed E-state index contributed by atoms with van der Waals surface area (Å²) in [5.41, 5.74) is 2.57. The summed E-state index contributed by atoms with van der Waals surface area (Å²) in [4.78, 5) is 22.8. The van der Waals surface area contributed by atoms with Gasteiger partial charge in [0.2, 0.25) is 5.91 Å². The number of imide groups is 1. The molecule has 3 heteroatoms. The van der Waals surface area contributed by atoms with E-state index in [1.807, 2.05) is 18.2 Å². The van der Waals surface area contributed by atoms with Crippen molar-refractivity contribution in [3.8, 4) is 0 Å². The number of benzene rings is 1. The topological polar surface area (TPSA) is 46.2 Å². The molecule has 1 heterocycles. The van der Waals surface area contributed by atoms with E-state index in [4.69, 9.17) is 0 Å². The van der Waals surface area contributed by atoms with Crippen LogP contribution in [0.5, 0.6) is 0 Å². The molecule has 3 nitrogen and oxygen atoms in total. The highest BCUT2D eigenvalue weighted by Gasteiger charge is 2.24. The van der Waals surface area contributed by atoms with Crippen LogP contribution in [-0.4, -0.2) is 11.8 Å². The molecule has 0 spiro atoms. The van der Waals surface area contributed by atoms with Crippen molar-refractivity contribution in [2.75, 3.05) is 0 Å². The van der Waals surface area contributed by atoms with Crippen molar-refractivity contribution in [3.05, 3.63) is 34.9 Å². The number of carbonyl (C=O) groups excluding carboxylic acids is 2. The Morgan fingerprint density at radius 2 is 1.88 bits per heavy atom. The summed E-state index contributed by atoms with van der Waals surface area (Å²) in [6.45, 7) is 6.29. The fraction of sp³-hybridized carbons (Fsp3) is 0.385. The lowest BCUT2D eigenvalue weighted by Crippen LogP contribution is -2.37. The highest BCUT2D eigenvalue weighted by Crippen LogP contribution is 2.25. The minimum absolute atomic E-state index is 0.0107. The van der Waals surface area contributed by atoms with E-state index in [0.717, 1.165) is 11.1 Å². The van der Waals surface area contributed by atoms with Gasteiger partial charge in [-0.15, -0.1) is 0 Å². The minimum atomic E-state index is -0.280. The van der Waals surface area contributed by atoms with Crippen molar-refractivity contribution >= 4 is 11.8 Å². The van der Waals surface area contributed by atoms with Gasteiger partial charge in [0.05, 0.1) is 6.42 Å². The standard InChI is InChI=1S/C13H15NO2/c1-13(2,3)9-5-4-8-6-11(15)14-12(16)10(8)7-9/h4-5,7H,6H2,1-3H3,(H,14,15,16). The van der Waals surface area contributed by atoms with Gasteiger partial charge < -0.3 is 0 Å². The molecule has 1 aromatic carbocycles. The Kier molecular flexibility index (Phi) is 2.34. The lowest BCUT2D eigenvalue weighted by molar-refractivity contribution is -0.119. The second-order valence-electron chi connectivity index (χ2n) is 5.18. The molecule has 0 aromatic heterocycles. The van der Waals surface area contributed by atoms with Gasteiger partial charge in [0.25, 0.3) is 5.91 Å². The van der Waals surface area contributed by atoms with Crippen molar-refractivity contribution < 1.29 is 9.59 Å². The van der Waals surface area contributed by atoms with Crippen molar-refractivity contribution in [2.45, 2.75) is 32.6 Å². The summed E-state index contributed by atoms with van der Waals surface area (Å²) in [5, 5.41) is 2.34. The third-order valence-electron chi connectivity index (χ3n) is 2.82. The summed E-state index contributed by atoms with van der Waals surface area (Å²) < 4.78 is 0. The van der Waals surface area contributed by atoms with Gasteiger partial charge in [-0.3, -0.25) is 14.9 Å². The molecule has 1 aromatic rings. The molecule has 0 radical (unpaired) electrons. The van der Waals surface area contributed by atoms with Gasteiger partial charge in [0, 0.05) is 5.56 Å². The third-order valence-corrected chi connectivity index (χ3v) is 2.82. The largest absolute Gasteiger partial charge is 0.292 e. The van der Waals surface area contributed by atoms with Crippen LogP contribution < -0.4 is 5.32 Å². The number of hydrogen-bond donors (Lipinski definition) is 1. The molecule has 2 rings (SSSR count). The van der Waals surface area contributed by atoms with E-state index in [0.29, 0.717) is 12.0 Å². The molecule has 0 bridgehead atoms. The van der Waals surface area contributed by atoms with Crippen LogP contribution in [0.4, 0.5) is 0 Å². The van der Waals surface area contributed by atoms with E-state index in [2.05, 4.69) is 26.1 Å². The molecular formula is C13H15NO2. The van der Waals surface area contributed by atoms with E-state index in [1.54, 1.807) is 0 Å². The van der Waals surface area contributed by atoms with Crippen LogP contribution in [0.1, 0.15) is 42.3 Å². The Balaban J connectivity index is 2.51. The zero-order valence-corrected chi connectivity index (χ0v) is 9.76. The Bertz CT molecular complexity index is 469. The van der Waals surface area contributed by atoms with E-state index >= 15 is 0 Å². The lowest BCUT2D eigenvalue weighted by atomic mass is 9.84. The van der Waals surface area contributed by atoms with Crippen molar-refractivity contribution in [3.63, 3.8) is 0 Å². The number of carbonyl (C=O) groups is 2. The van der Waals surface area contributed by atoms with Gasteiger partial charge in [-0.1, -0.05) is 32.9 Å². The van der Waals surface area contributed by atoms with Crippen molar-refractivity contribution in [2.24, 2.45) is 0 Å². The average molecular weight is 217 g/mol. The number of nitrogens with one attached hydrogen (secondary N) is 1. The number of fused-ring (bicyclic) bond motifs is 1. The second-order valence-corrected chi connectivity index (χ2v) is 5.18. The van der Waals surface area contributed by atoms with Gasteiger partial charge in [-0.25, -0.2) is 0 Å². The van der Waals surface area contributed by atoms with Gasteiger partial charge in [-0.05, 0) is 22.6 Å². The molecule has 0 aliphatic carbocycles. The normalized spacial score (nSPS) is 15.7. The van der Waals surface area contributed by atoms with Crippen LogP contribution in [0.15, 0.2) is 18.2 Å². The first-order chi connectivity index (χ1) is 7.38. The zero-order chi connectivity index (χ0) is 11.9. The summed E-state index contributed by atoms with van der Waals surface area (Å²) in [5.74, 6) is -0.502. The Morgan fingerprint density at radius 1 is 1.19 bits per heavy atom. The van der Waals surface area contributed by atoms with Crippen LogP contribution in [0.3, 0.4) is 0 Å². The maximum Gasteiger partial charge on any atom is 0.258 e. The monoisotopic (exact) mass is 217 g/mol. The van der Waals surface area contributed by atoms with Gasteiger partial charge in [0.1, 0.15) is 0 Å². The average Bonchev–Trinajstić information content (AvgIpc) is 2.15. The lowest BCUT2D eigenvalue weighted by Gasteiger charge is -2.22. The highest BCUT2D eigenvalue weighted by molar-refractivity contribution is 6.09. The van der Waals surface area contributed by atoms with Crippen LogP contribution in [0, 0.1) is 0 Å². The zero-order valence-electron chi connectivity index (χ0n) is 9.76. The van der Waals surface area contributed by atoms with Crippen LogP contribution in [0.25, 0.3) is 0 Å². The maximum absolute atomic E-state index is 11.6. The molecule has 0 atom stereocenters. The summed E-state index contributed by atoms with van der Waals surface area (Å²) >= 11 is 0. The predicted octanol–water partition coefficient (Wildman–Crippen LogP) is 1.80. The highest BCUT2D eigenvalue weighted by atomic mass is 16.2. The molecule has 1 aliphatic rings.